The molecule has 2 aliphatic rings. The Morgan fingerprint density at radius 1 is 0.853 bits per heavy atom. The Morgan fingerprint density at radius 2 is 1.50 bits per heavy atom. The number of fused-ring (bicyclic) bond motifs is 10. The highest BCUT2D eigenvalue weighted by molar-refractivity contribution is 6.39. The smallest absolute Gasteiger partial charge is 0.262 e. The lowest BCUT2D eigenvalue weighted by molar-refractivity contribution is -0.0241. The van der Waals surface area contributed by atoms with Crippen molar-refractivity contribution in [1.29, 1.82) is 0 Å². The molecule has 3 heterocycles. The van der Waals surface area contributed by atoms with Gasteiger partial charge in [0.25, 0.3) is 11.8 Å². The highest BCUT2D eigenvalue weighted by atomic mass is 16.4. The predicted octanol–water partition coefficient (Wildman–Crippen LogP) is 2.68. The van der Waals surface area contributed by atoms with Crippen molar-refractivity contribution in [1.82, 2.24) is 14.5 Å². The molecule has 4 N–H and O–H groups in total. The normalized spacial score (nSPS) is 25.0. The SMILES string of the molecule is CN1C(=O)c2c(c3c4ccccc4n(C4C[C@H](O)[C@@H](O)[C@H]4O)c3c3[nH]c4ccccc4c23)C1=O. The molecule has 170 valence electrons. The fraction of sp³-hybridized carbons (Fsp3) is 0.231. The predicted molar refractivity (Wildman–Crippen MR) is 127 cm³/mol. The number of amides is 2. The van der Waals surface area contributed by atoms with Gasteiger partial charge in [0, 0.05) is 39.6 Å². The van der Waals surface area contributed by atoms with E-state index in [1.807, 2.05) is 53.1 Å². The number of imide groups is 1. The fourth-order valence-corrected chi connectivity index (χ4v) is 6.03. The molecule has 1 saturated carbocycles. The van der Waals surface area contributed by atoms with E-state index in [9.17, 15) is 24.9 Å². The molecule has 0 spiro atoms. The van der Waals surface area contributed by atoms with Crippen LogP contribution in [0.1, 0.15) is 33.2 Å². The number of carbonyl (C=O) groups is 2. The Hall–Kier alpha value is -3.72. The first-order valence-corrected chi connectivity index (χ1v) is 11.3. The van der Waals surface area contributed by atoms with Gasteiger partial charge in [0.2, 0.25) is 0 Å². The van der Waals surface area contributed by atoms with E-state index in [0.29, 0.717) is 32.9 Å². The summed E-state index contributed by atoms with van der Waals surface area (Å²) in [6, 6.07) is 14.5. The average Bonchev–Trinajstić information content (AvgIpc) is 3.52. The molecule has 3 aromatic carbocycles. The highest BCUT2D eigenvalue weighted by Gasteiger charge is 2.45. The number of aliphatic hydroxyl groups excluding tert-OH is 3. The number of hydrogen-bond donors (Lipinski definition) is 4. The number of H-pyrrole nitrogens is 1. The Labute approximate surface area is 192 Å². The Kier molecular flexibility index (Phi) is 3.74. The van der Waals surface area contributed by atoms with Gasteiger partial charge in [-0.3, -0.25) is 14.5 Å². The number of rotatable bonds is 1. The molecule has 1 aliphatic carbocycles. The number of aromatic nitrogens is 2. The number of para-hydroxylation sites is 2. The maximum absolute atomic E-state index is 13.4. The molecule has 0 radical (unpaired) electrons. The minimum Gasteiger partial charge on any atom is -0.390 e. The van der Waals surface area contributed by atoms with Crippen molar-refractivity contribution in [3.05, 3.63) is 59.7 Å². The summed E-state index contributed by atoms with van der Waals surface area (Å²) >= 11 is 0. The topological polar surface area (TPSA) is 119 Å². The summed E-state index contributed by atoms with van der Waals surface area (Å²) in [7, 11) is 1.49. The second kappa shape index (κ2) is 6.44. The standard InChI is InChI=1S/C26H21N3O5/c1-28-25(33)19-17-11-6-2-4-8-13(11)27-21(17)22-18(20(19)26(28)34)12-7-3-5-9-14(12)29(22)15-10-16(30)24(32)23(15)31/h2-9,15-16,23-24,27,30-32H,10H2,1H3/t15?,16-,23-,24+/m0/s1. The van der Waals surface area contributed by atoms with Gasteiger partial charge in [0.05, 0.1) is 34.3 Å². The van der Waals surface area contributed by atoms with Crippen LogP contribution in [0.4, 0.5) is 0 Å². The summed E-state index contributed by atoms with van der Waals surface area (Å²) in [5.74, 6) is -0.715. The summed E-state index contributed by atoms with van der Waals surface area (Å²) in [6.45, 7) is 0. The summed E-state index contributed by atoms with van der Waals surface area (Å²) in [5, 5.41) is 34.5. The van der Waals surface area contributed by atoms with E-state index in [4.69, 9.17) is 0 Å². The number of benzene rings is 3. The van der Waals surface area contributed by atoms with Crippen molar-refractivity contribution >= 4 is 55.4 Å². The van der Waals surface area contributed by atoms with Crippen LogP contribution >= 0.6 is 0 Å². The fourth-order valence-electron chi connectivity index (χ4n) is 6.03. The molecule has 7 rings (SSSR count). The van der Waals surface area contributed by atoms with E-state index >= 15 is 0 Å². The van der Waals surface area contributed by atoms with Gasteiger partial charge >= 0.3 is 0 Å². The Balaban J connectivity index is 1.77. The van der Waals surface area contributed by atoms with Crippen LogP contribution in [0.2, 0.25) is 0 Å². The summed E-state index contributed by atoms with van der Waals surface area (Å²) in [4.78, 5) is 31.3. The molecule has 5 aromatic rings. The van der Waals surface area contributed by atoms with Crippen LogP contribution in [0.5, 0.6) is 0 Å². The van der Waals surface area contributed by atoms with Gasteiger partial charge in [0.1, 0.15) is 12.2 Å². The minimum absolute atomic E-state index is 0.154. The van der Waals surface area contributed by atoms with Crippen molar-refractivity contribution in [2.24, 2.45) is 0 Å². The Morgan fingerprint density at radius 3 is 2.21 bits per heavy atom. The monoisotopic (exact) mass is 455 g/mol. The van der Waals surface area contributed by atoms with E-state index in [1.54, 1.807) is 0 Å². The molecule has 8 nitrogen and oxygen atoms in total. The molecular weight excluding hydrogens is 434 g/mol. The van der Waals surface area contributed by atoms with Crippen LogP contribution in [0.3, 0.4) is 0 Å². The van der Waals surface area contributed by atoms with Crippen LogP contribution in [0.25, 0.3) is 43.6 Å². The lowest BCUT2D eigenvalue weighted by Crippen LogP contribution is -2.31. The molecular formula is C26H21N3O5. The maximum Gasteiger partial charge on any atom is 0.262 e. The van der Waals surface area contributed by atoms with E-state index in [1.165, 1.54) is 7.05 Å². The van der Waals surface area contributed by atoms with E-state index < -0.39 is 24.4 Å². The average molecular weight is 455 g/mol. The molecule has 1 fully saturated rings. The third-order valence-corrected chi connectivity index (χ3v) is 7.59. The van der Waals surface area contributed by atoms with Crippen LogP contribution in [0.15, 0.2) is 48.5 Å². The van der Waals surface area contributed by atoms with Gasteiger partial charge in [-0.05, 0) is 18.6 Å². The Bertz CT molecular complexity index is 1710. The van der Waals surface area contributed by atoms with Crippen molar-refractivity contribution in [3.8, 4) is 0 Å². The number of nitrogens with zero attached hydrogens (tertiary/aromatic N) is 2. The zero-order valence-electron chi connectivity index (χ0n) is 18.2. The third kappa shape index (κ3) is 2.18. The minimum atomic E-state index is -1.27. The first kappa shape index (κ1) is 19.7. The van der Waals surface area contributed by atoms with Crippen molar-refractivity contribution in [2.45, 2.75) is 30.8 Å². The first-order valence-electron chi connectivity index (χ1n) is 11.3. The largest absolute Gasteiger partial charge is 0.390 e. The van der Waals surface area contributed by atoms with E-state index in [-0.39, 0.29) is 18.2 Å². The van der Waals surface area contributed by atoms with E-state index in [2.05, 4.69) is 4.98 Å². The second-order valence-electron chi connectivity index (χ2n) is 9.30. The maximum atomic E-state index is 13.4. The van der Waals surface area contributed by atoms with Gasteiger partial charge in [-0.2, -0.15) is 0 Å². The van der Waals surface area contributed by atoms with Gasteiger partial charge in [-0.15, -0.1) is 0 Å². The van der Waals surface area contributed by atoms with Crippen molar-refractivity contribution in [3.63, 3.8) is 0 Å². The molecule has 34 heavy (non-hydrogen) atoms. The van der Waals surface area contributed by atoms with Crippen LogP contribution in [0, 0.1) is 0 Å². The lowest BCUT2D eigenvalue weighted by atomic mass is 9.96. The molecule has 0 bridgehead atoms. The quantitative estimate of drug-likeness (QED) is 0.290. The zero-order chi connectivity index (χ0) is 23.5. The lowest BCUT2D eigenvalue weighted by Gasteiger charge is -2.21. The molecule has 1 aliphatic heterocycles. The van der Waals surface area contributed by atoms with Crippen molar-refractivity contribution in [2.75, 3.05) is 7.05 Å². The number of carbonyl (C=O) groups excluding carboxylic acids is 2. The summed E-state index contributed by atoms with van der Waals surface area (Å²) in [5.41, 5.74) is 3.67. The third-order valence-electron chi connectivity index (χ3n) is 7.59. The molecule has 2 amide bonds. The van der Waals surface area contributed by atoms with E-state index in [0.717, 1.165) is 26.7 Å². The highest BCUT2D eigenvalue weighted by Crippen LogP contribution is 2.47. The molecule has 1 unspecified atom stereocenters. The number of hydrogen-bond acceptors (Lipinski definition) is 5. The molecule has 8 heteroatoms. The number of nitrogens with one attached hydrogen (secondary N) is 1. The molecule has 2 aromatic heterocycles. The zero-order valence-corrected chi connectivity index (χ0v) is 18.2. The second-order valence-corrected chi connectivity index (χ2v) is 9.30. The summed E-state index contributed by atoms with van der Waals surface area (Å²) in [6.07, 6.45) is -3.38. The van der Waals surface area contributed by atoms with Gasteiger partial charge < -0.3 is 24.9 Å². The van der Waals surface area contributed by atoms with Crippen molar-refractivity contribution < 1.29 is 24.9 Å². The van der Waals surface area contributed by atoms with Gasteiger partial charge in [-0.25, -0.2) is 0 Å². The summed E-state index contributed by atoms with van der Waals surface area (Å²) < 4.78 is 1.92. The van der Waals surface area contributed by atoms with Crippen LogP contribution in [-0.4, -0.2) is 66.9 Å². The van der Waals surface area contributed by atoms with Gasteiger partial charge in [0.15, 0.2) is 0 Å². The molecule has 0 saturated heterocycles. The van der Waals surface area contributed by atoms with Crippen LogP contribution < -0.4 is 0 Å². The van der Waals surface area contributed by atoms with Gasteiger partial charge in [-0.1, -0.05) is 36.4 Å². The molecule has 4 atom stereocenters. The number of aliphatic hydroxyl groups is 3. The van der Waals surface area contributed by atoms with Crippen LogP contribution in [-0.2, 0) is 0 Å². The number of aromatic amines is 1. The first-order chi connectivity index (χ1) is 16.4.